The summed E-state index contributed by atoms with van der Waals surface area (Å²) in [4.78, 5) is -0.357. The quantitative estimate of drug-likeness (QED) is 0.677. The first kappa shape index (κ1) is 20.0. The molecule has 1 rings (SSSR count). The Balaban J connectivity index is 3.75. The number of hydrogen-bond acceptors (Lipinski definition) is 3. The third-order valence-corrected chi connectivity index (χ3v) is 4.91. The second-order valence-electron chi connectivity index (χ2n) is 6.48. The highest BCUT2D eigenvalue weighted by Crippen LogP contribution is 2.37. The first-order valence-electron chi connectivity index (χ1n) is 7.46. The molecule has 0 aliphatic carbocycles. The molecular formula is C16H23F3O3S. The van der Waals surface area contributed by atoms with Gasteiger partial charge in [0.25, 0.3) is 0 Å². The number of hydrogen-bond donors (Lipinski definition) is 0. The van der Waals surface area contributed by atoms with Gasteiger partial charge in [0, 0.05) is 0 Å². The van der Waals surface area contributed by atoms with E-state index in [1.807, 2.05) is 13.8 Å². The number of rotatable bonds is 5. The molecule has 0 aliphatic heterocycles. The SMILES string of the molecule is CC(C)c1cc(C(C)C)c(S(=O)(=O)OC(F)(F)F)c(C(C)C)c1. The van der Waals surface area contributed by atoms with Gasteiger partial charge in [-0.25, -0.2) is 0 Å². The molecule has 0 radical (unpaired) electrons. The van der Waals surface area contributed by atoms with Crippen molar-refractivity contribution in [3.05, 3.63) is 28.8 Å². The van der Waals surface area contributed by atoms with E-state index in [1.54, 1.807) is 39.8 Å². The minimum absolute atomic E-state index is 0.130. The zero-order valence-electron chi connectivity index (χ0n) is 14.2. The average Bonchev–Trinajstić information content (AvgIpc) is 2.33. The molecule has 7 heteroatoms. The molecule has 1 aromatic rings. The lowest BCUT2D eigenvalue weighted by Gasteiger charge is -2.22. The molecule has 0 heterocycles. The van der Waals surface area contributed by atoms with Gasteiger partial charge in [-0.15, -0.1) is 13.2 Å². The lowest BCUT2D eigenvalue weighted by atomic mass is 9.89. The van der Waals surface area contributed by atoms with E-state index in [0.29, 0.717) is 11.1 Å². The fourth-order valence-electron chi connectivity index (χ4n) is 2.34. The Hall–Kier alpha value is -1.08. The van der Waals surface area contributed by atoms with Crippen LogP contribution in [-0.2, 0) is 14.3 Å². The highest BCUT2D eigenvalue weighted by atomic mass is 32.2. The van der Waals surface area contributed by atoms with Crippen LogP contribution in [-0.4, -0.2) is 14.8 Å². The summed E-state index contributed by atoms with van der Waals surface area (Å²) in [6.45, 7) is 10.9. The van der Waals surface area contributed by atoms with Crippen molar-refractivity contribution >= 4 is 10.1 Å². The molecule has 132 valence electrons. The summed E-state index contributed by atoms with van der Waals surface area (Å²) < 4.78 is 65.5. The van der Waals surface area contributed by atoms with Crippen LogP contribution >= 0.6 is 0 Å². The van der Waals surface area contributed by atoms with Crippen LogP contribution in [0.2, 0.25) is 0 Å². The molecule has 0 aliphatic rings. The summed E-state index contributed by atoms with van der Waals surface area (Å²) in [7, 11) is -4.94. The van der Waals surface area contributed by atoms with E-state index in [-0.39, 0.29) is 22.6 Å². The lowest BCUT2D eigenvalue weighted by molar-refractivity contribution is -0.272. The fourth-order valence-corrected chi connectivity index (χ4v) is 3.84. The summed E-state index contributed by atoms with van der Waals surface area (Å²) in [5.74, 6) is -0.383. The standard InChI is InChI=1S/C16H23F3O3S/c1-9(2)12-7-13(10(3)4)15(14(8-12)11(5)6)23(20,21)22-16(17,18)19/h7-11H,1-6H3. The van der Waals surface area contributed by atoms with Gasteiger partial charge in [-0.3, -0.25) is 0 Å². The number of alkyl halides is 3. The van der Waals surface area contributed by atoms with E-state index in [9.17, 15) is 21.6 Å². The maximum atomic E-state index is 12.5. The van der Waals surface area contributed by atoms with Crippen LogP contribution in [0.5, 0.6) is 0 Å². The molecular weight excluding hydrogens is 329 g/mol. The molecule has 23 heavy (non-hydrogen) atoms. The third kappa shape index (κ3) is 4.94. The van der Waals surface area contributed by atoms with Crippen molar-refractivity contribution in [2.24, 2.45) is 0 Å². The van der Waals surface area contributed by atoms with Crippen molar-refractivity contribution in [3.63, 3.8) is 0 Å². The van der Waals surface area contributed by atoms with Gasteiger partial charge in [-0.1, -0.05) is 53.7 Å². The van der Waals surface area contributed by atoms with Gasteiger partial charge in [0.15, 0.2) is 0 Å². The Morgan fingerprint density at radius 2 is 1.26 bits per heavy atom. The van der Waals surface area contributed by atoms with Gasteiger partial charge in [-0.05, 0) is 34.4 Å². The van der Waals surface area contributed by atoms with Crippen molar-refractivity contribution in [3.8, 4) is 0 Å². The lowest BCUT2D eigenvalue weighted by Crippen LogP contribution is -2.23. The van der Waals surface area contributed by atoms with Crippen molar-refractivity contribution in [1.82, 2.24) is 0 Å². The van der Waals surface area contributed by atoms with Gasteiger partial charge in [0.2, 0.25) is 0 Å². The van der Waals surface area contributed by atoms with Gasteiger partial charge in [0.1, 0.15) is 4.90 Å². The summed E-state index contributed by atoms with van der Waals surface area (Å²) in [5.41, 5.74) is 1.59. The Morgan fingerprint density at radius 3 is 1.52 bits per heavy atom. The number of halogens is 3. The maximum absolute atomic E-state index is 12.5. The Labute approximate surface area is 136 Å². The van der Waals surface area contributed by atoms with Crippen molar-refractivity contribution in [2.45, 2.75) is 70.6 Å². The van der Waals surface area contributed by atoms with E-state index in [1.165, 1.54) is 0 Å². The molecule has 0 amide bonds. The summed E-state index contributed by atoms with van der Waals surface area (Å²) in [6.07, 6.45) is -5.25. The van der Waals surface area contributed by atoms with Crippen molar-refractivity contribution < 1.29 is 25.8 Å². The summed E-state index contributed by atoms with van der Waals surface area (Å²) in [6, 6.07) is 3.32. The van der Waals surface area contributed by atoms with Gasteiger partial charge >= 0.3 is 16.5 Å². The normalized spacial score (nSPS) is 13.4. The Morgan fingerprint density at radius 1 is 0.870 bits per heavy atom. The molecule has 0 saturated carbocycles. The molecule has 3 nitrogen and oxygen atoms in total. The predicted molar refractivity (Wildman–Crippen MR) is 83.0 cm³/mol. The molecule has 0 unspecified atom stereocenters. The van der Waals surface area contributed by atoms with Gasteiger partial charge < -0.3 is 0 Å². The highest BCUT2D eigenvalue weighted by Gasteiger charge is 2.40. The Bertz CT molecular complexity index is 631. The topological polar surface area (TPSA) is 43.4 Å². The van der Waals surface area contributed by atoms with E-state index >= 15 is 0 Å². The predicted octanol–water partition coefficient (Wildman–Crippen LogP) is 5.28. The van der Waals surface area contributed by atoms with Gasteiger partial charge in [-0.2, -0.15) is 12.6 Å². The van der Waals surface area contributed by atoms with E-state index in [0.717, 1.165) is 5.56 Å². The summed E-state index contributed by atoms with van der Waals surface area (Å²) >= 11 is 0. The minimum atomic E-state index is -5.25. The maximum Gasteiger partial charge on any atom is 0.537 e. The largest absolute Gasteiger partial charge is 0.537 e. The molecule has 0 spiro atoms. The molecule has 0 atom stereocenters. The van der Waals surface area contributed by atoms with Crippen LogP contribution in [0.3, 0.4) is 0 Å². The zero-order valence-corrected chi connectivity index (χ0v) is 15.0. The summed E-state index contributed by atoms with van der Waals surface area (Å²) in [5, 5.41) is 0. The molecule has 0 aromatic heterocycles. The number of benzene rings is 1. The van der Waals surface area contributed by atoms with Crippen LogP contribution in [0, 0.1) is 0 Å². The first-order chi connectivity index (χ1) is 10.3. The second kappa shape index (κ2) is 6.81. The molecule has 0 saturated heterocycles. The molecule has 0 N–H and O–H groups in total. The molecule has 1 aromatic carbocycles. The van der Waals surface area contributed by atoms with Crippen molar-refractivity contribution in [2.75, 3.05) is 0 Å². The smallest absolute Gasteiger partial charge is 0.194 e. The van der Waals surface area contributed by atoms with E-state index in [2.05, 4.69) is 4.18 Å². The van der Waals surface area contributed by atoms with Crippen LogP contribution in [0.1, 0.15) is 76.0 Å². The monoisotopic (exact) mass is 352 g/mol. The van der Waals surface area contributed by atoms with E-state index < -0.39 is 16.5 Å². The van der Waals surface area contributed by atoms with Crippen molar-refractivity contribution in [1.29, 1.82) is 0 Å². The van der Waals surface area contributed by atoms with Gasteiger partial charge in [0.05, 0.1) is 0 Å². The second-order valence-corrected chi connectivity index (χ2v) is 7.96. The highest BCUT2D eigenvalue weighted by molar-refractivity contribution is 7.86. The minimum Gasteiger partial charge on any atom is -0.194 e. The third-order valence-electron chi connectivity index (χ3n) is 3.53. The van der Waals surface area contributed by atoms with E-state index in [4.69, 9.17) is 0 Å². The molecule has 0 bridgehead atoms. The van der Waals surface area contributed by atoms with Crippen LogP contribution in [0.4, 0.5) is 13.2 Å². The van der Waals surface area contributed by atoms with Crippen LogP contribution in [0.25, 0.3) is 0 Å². The molecule has 0 fully saturated rings. The fraction of sp³-hybridized carbons (Fsp3) is 0.625. The average molecular weight is 352 g/mol. The van der Waals surface area contributed by atoms with Crippen LogP contribution in [0.15, 0.2) is 17.0 Å². The Kier molecular flexibility index (Phi) is 5.91. The first-order valence-corrected chi connectivity index (χ1v) is 8.87. The van der Waals surface area contributed by atoms with Crippen LogP contribution < -0.4 is 0 Å². The zero-order chi connectivity index (χ0) is 18.2.